The van der Waals surface area contributed by atoms with E-state index in [-0.39, 0.29) is 11.3 Å². The van der Waals surface area contributed by atoms with Crippen LogP contribution in [0.4, 0.5) is 13.2 Å². The number of pyridine rings is 1. The van der Waals surface area contributed by atoms with Crippen molar-refractivity contribution < 1.29 is 22.4 Å². The van der Waals surface area contributed by atoms with Crippen LogP contribution in [0.5, 0.6) is 0 Å². The van der Waals surface area contributed by atoms with Gasteiger partial charge in [0.15, 0.2) is 11.8 Å². The maximum Gasteiger partial charge on any atom is 0.412 e. The standard InChI is InChI=1S/C17H18F3N3O2/c18-17(19,20)15(12-4-3-7-21-10-12)22-16(24)14-6-5-13(25-14)11-23-8-1-2-9-23/h3-7,10,15H,1-2,8-9,11H2,(H,22,24)/t15-/m1/s1. The van der Waals surface area contributed by atoms with Gasteiger partial charge >= 0.3 is 6.18 Å². The van der Waals surface area contributed by atoms with Crippen LogP contribution in [0.2, 0.25) is 0 Å². The van der Waals surface area contributed by atoms with E-state index in [4.69, 9.17) is 4.42 Å². The summed E-state index contributed by atoms with van der Waals surface area (Å²) in [4.78, 5) is 18.0. The Morgan fingerprint density at radius 3 is 2.68 bits per heavy atom. The van der Waals surface area contributed by atoms with E-state index in [1.54, 1.807) is 6.07 Å². The van der Waals surface area contributed by atoms with Crippen molar-refractivity contribution in [3.63, 3.8) is 0 Å². The van der Waals surface area contributed by atoms with Crippen LogP contribution in [0.15, 0.2) is 41.1 Å². The fourth-order valence-corrected chi connectivity index (χ4v) is 2.85. The third-order valence-electron chi connectivity index (χ3n) is 4.08. The van der Waals surface area contributed by atoms with Crippen LogP contribution in [0.3, 0.4) is 0 Å². The molecule has 1 N–H and O–H groups in total. The highest BCUT2D eigenvalue weighted by atomic mass is 19.4. The summed E-state index contributed by atoms with van der Waals surface area (Å²) in [5, 5.41) is 1.99. The second-order valence-electron chi connectivity index (χ2n) is 5.98. The molecule has 0 bridgehead atoms. The lowest BCUT2D eigenvalue weighted by Gasteiger charge is -2.21. The first-order valence-corrected chi connectivity index (χ1v) is 8.02. The Balaban J connectivity index is 1.70. The van der Waals surface area contributed by atoms with E-state index in [1.165, 1.54) is 24.4 Å². The second-order valence-corrected chi connectivity index (χ2v) is 5.98. The highest BCUT2D eigenvalue weighted by Crippen LogP contribution is 2.32. The zero-order valence-corrected chi connectivity index (χ0v) is 13.4. The molecule has 0 aliphatic carbocycles. The molecule has 2 aromatic heterocycles. The highest BCUT2D eigenvalue weighted by molar-refractivity contribution is 5.91. The van der Waals surface area contributed by atoms with Crippen molar-refractivity contribution >= 4 is 5.91 Å². The van der Waals surface area contributed by atoms with Crippen molar-refractivity contribution in [2.45, 2.75) is 31.6 Å². The summed E-state index contributed by atoms with van der Waals surface area (Å²) in [5.41, 5.74) is -0.132. The molecule has 0 saturated carbocycles. The summed E-state index contributed by atoms with van der Waals surface area (Å²) in [6, 6.07) is 3.55. The molecule has 0 unspecified atom stereocenters. The normalized spacial score (nSPS) is 16.8. The van der Waals surface area contributed by atoms with E-state index in [1.807, 2.05) is 5.32 Å². The number of amides is 1. The lowest BCUT2D eigenvalue weighted by molar-refractivity contribution is -0.155. The SMILES string of the molecule is O=C(N[C@H](c1cccnc1)C(F)(F)F)c1ccc(CN2CCCC2)o1. The number of hydrogen-bond acceptors (Lipinski definition) is 4. The second kappa shape index (κ2) is 7.26. The number of aromatic nitrogens is 1. The Bertz CT molecular complexity index is 709. The number of furan rings is 1. The van der Waals surface area contributed by atoms with Gasteiger partial charge in [0, 0.05) is 18.0 Å². The van der Waals surface area contributed by atoms with Crippen molar-refractivity contribution in [2.24, 2.45) is 0 Å². The molecule has 25 heavy (non-hydrogen) atoms. The third-order valence-corrected chi connectivity index (χ3v) is 4.08. The molecular formula is C17H18F3N3O2. The predicted molar refractivity (Wildman–Crippen MR) is 83.7 cm³/mol. The highest BCUT2D eigenvalue weighted by Gasteiger charge is 2.42. The third kappa shape index (κ3) is 4.39. The number of alkyl halides is 3. The molecule has 1 amide bonds. The van der Waals surface area contributed by atoms with Crippen LogP contribution >= 0.6 is 0 Å². The van der Waals surface area contributed by atoms with Crippen LogP contribution in [-0.2, 0) is 6.54 Å². The molecule has 0 radical (unpaired) electrons. The number of halogens is 3. The number of carbonyl (C=O) groups excluding carboxylic acids is 1. The number of nitrogens with zero attached hydrogens (tertiary/aromatic N) is 2. The summed E-state index contributed by atoms with van der Waals surface area (Å²) < 4.78 is 45.3. The molecule has 5 nitrogen and oxygen atoms in total. The lowest BCUT2D eigenvalue weighted by Crippen LogP contribution is -2.38. The molecule has 1 fully saturated rings. The number of hydrogen-bond donors (Lipinski definition) is 1. The van der Waals surface area contributed by atoms with Gasteiger partial charge in [-0.1, -0.05) is 6.07 Å². The van der Waals surface area contributed by atoms with Crippen LogP contribution in [0, 0.1) is 0 Å². The van der Waals surface area contributed by atoms with Crippen molar-refractivity contribution in [2.75, 3.05) is 13.1 Å². The number of rotatable bonds is 5. The van der Waals surface area contributed by atoms with Gasteiger partial charge in [-0.3, -0.25) is 14.7 Å². The molecule has 8 heteroatoms. The lowest BCUT2D eigenvalue weighted by atomic mass is 10.1. The maximum absolute atomic E-state index is 13.3. The first-order valence-electron chi connectivity index (χ1n) is 8.02. The van der Waals surface area contributed by atoms with Crippen LogP contribution in [0.25, 0.3) is 0 Å². The van der Waals surface area contributed by atoms with Crippen LogP contribution < -0.4 is 5.32 Å². The monoisotopic (exact) mass is 353 g/mol. The molecule has 0 aromatic carbocycles. The van der Waals surface area contributed by atoms with Crippen LogP contribution in [-0.4, -0.2) is 35.1 Å². The Kier molecular flexibility index (Phi) is 5.08. The Morgan fingerprint density at radius 2 is 2.04 bits per heavy atom. The molecule has 3 rings (SSSR count). The molecule has 1 aliphatic heterocycles. The summed E-state index contributed by atoms with van der Waals surface area (Å²) >= 11 is 0. The zero-order chi connectivity index (χ0) is 17.9. The van der Waals surface area contributed by atoms with Gasteiger partial charge in [0.25, 0.3) is 5.91 Å². The van der Waals surface area contributed by atoms with Gasteiger partial charge in [-0.25, -0.2) is 0 Å². The van der Waals surface area contributed by atoms with Crippen LogP contribution in [0.1, 0.15) is 40.8 Å². The predicted octanol–water partition coefficient (Wildman–Crippen LogP) is 3.30. The van der Waals surface area contributed by atoms with E-state index < -0.39 is 18.1 Å². The fraction of sp³-hybridized carbons (Fsp3) is 0.412. The van der Waals surface area contributed by atoms with Gasteiger partial charge in [-0.2, -0.15) is 13.2 Å². The van der Waals surface area contributed by atoms with Crippen molar-refractivity contribution in [3.05, 3.63) is 53.7 Å². The summed E-state index contributed by atoms with van der Waals surface area (Å²) in [5.74, 6) is -0.469. The Morgan fingerprint density at radius 1 is 1.28 bits per heavy atom. The average Bonchev–Trinajstić information content (AvgIpc) is 3.24. The van der Waals surface area contributed by atoms with E-state index >= 15 is 0 Å². The molecule has 1 aliphatic rings. The van der Waals surface area contributed by atoms with Gasteiger partial charge in [-0.15, -0.1) is 0 Å². The topological polar surface area (TPSA) is 58.4 Å². The van der Waals surface area contributed by atoms with Crippen molar-refractivity contribution in [1.82, 2.24) is 15.2 Å². The first kappa shape index (κ1) is 17.5. The summed E-state index contributed by atoms with van der Waals surface area (Å²) in [6.45, 7) is 2.47. The van der Waals surface area contributed by atoms with E-state index in [0.717, 1.165) is 32.1 Å². The molecule has 134 valence electrons. The quantitative estimate of drug-likeness (QED) is 0.896. The summed E-state index contributed by atoms with van der Waals surface area (Å²) in [6.07, 6.45) is 0.0534. The number of carbonyl (C=O) groups is 1. The van der Waals surface area contributed by atoms with E-state index in [9.17, 15) is 18.0 Å². The van der Waals surface area contributed by atoms with Gasteiger partial charge < -0.3 is 9.73 Å². The summed E-state index contributed by atoms with van der Waals surface area (Å²) in [7, 11) is 0. The smallest absolute Gasteiger partial charge is 0.412 e. The molecule has 2 aromatic rings. The average molecular weight is 353 g/mol. The minimum atomic E-state index is -4.64. The number of nitrogens with one attached hydrogen (secondary N) is 1. The molecule has 0 spiro atoms. The van der Waals surface area contributed by atoms with Crippen molar-refractivity contribution in [1.29, 1.82) is 0 Å². The minimum absolute atomic E-state index is 0.132. The van der Waals surface area contributed by atoms with Crippen molar-refractivity contribution in [3.8, 4) is 0 Å². The molecule has 3 heterocycles. The molecular weight excluding hydrogens is 335 g/mol. The Hall–Kier alpha value is -2.35. The van der Waals surface area contributed by atoms with Gasteiger partial charge in [0.2, 0.25) is 0 Å². The van der Waals surface area contributed by atoms with Gasteiger partial charge in [0.05, 0.1) is 6.54 Å². The maximum atomic E-state index is 13.3. The zero-order valence-electron chi connectivity index (χ0n) is 13.4. The van der Waals surface area contributed by atoms with E-state index in [0.29, 0.717) is 12.3 Å². The Labute approximate surface area is 142 Å². The molecule has 1 atom stereocenters. The van der Waals surface area contributed by atoms with Gasteiger partial charge in [0.1, 0.15) is 5.76 Å². The fourth-order valence-electron chi connectivity index (χ4n) is 2.85. The van der Waals surface area contributed by atoms with E-state index in [2.05, 4.69) is 9.88 Å². The molecule has 1 saturated heterocycles. The first-order chi connectivity index (χ1) is 11.9. The largest absolute Gasteiger partial charge is 0.455 e. The minimum Gasteiger partial charge on any atom is -0.455 e. The van der Waals surface area contributed by atoms with Gasteiger partial charge in [-0.05, 0) is 44.1 Å². The number of likely N-dealkylation sites (tertiary alicyclic amines) is 1.